The molecular formula is C30H34O5. The average molecular weight is 475 g/mol. The van der Waals surface area contributed by atoms with Gasteiger partial charge < -0.3 is 24.1 Å². The summed E-state index contributed by atoms with van der Waals surface area (Å²) < 4.78 is 24.9. The molecule has 4 rings (SSSR count). The van der Waals surface area contributed by atoms with Crippen LogP contribution in [0.5, 0.6) is 0 Å². The van der Waals surface area contributed by atoms with Crippen LogP contribution < -0.4 is 0 Å². The van der Waals surface area contributed by atoms with Gasteiger partial charge in [0.2, 0.25) is 0 Å². The van der Waals surface area contributed by atoms with Crippen molar-refractivity contribution < 1.29 is 24.1 Å². The van der Waals surface area contributed by atoms with Gasteiger partial charge in [0, 0.05) is 0 Å². The van der Waals surface area contributed by atoms with Crippen LogP contribution in [0.4, 0.5) is 0 Å². The average Bonchev–Trinajstić information content (AvgIpc) is 3.25. The highest BCUT2D eigenvalue weighted by Crippen LogP contribution is 2.32. The molecule has 0 saturated carbocycles. The normalized spacial score (nSPS) is 22.7. The summed E-state index contributed by atoms with van der Waals surface area (Å²) in [6.45, 7) is 5.27. The second kappa shape index (κ2) is 13.3. The summed E-state index contributed by atoms with van der Waals surface area (Å²) in [4.78, 5) is 0. The van der Waals surface area contributed by atoms with Crippen molar-refractivity contribution >= 4 is 0 Å². The summed E-state index contributed by atoms with van der Waals surface area (Å²) in [6.07, 6.45) is -0.120. The summed E-state index contributed by atoms with van der Waals surface area (Å²) in [5.74, 6) is 0. The van der Waals surface area contributed by atoms with Crippen molar-refractivity contribution in [3.8, 4) is 0 Å². The largest absolute Gasteiger partial charge is 0.388 e. The Balaban J connectivity index is 1.45. The lowest BCUT2D eigenvalue weighted by Gasteiger charge is -2.27. The molecule has 5 atom stereocenters. The molecule has 1 heterocycles. The molecule has 35 heavy (non-hydrogen) atoms. The number of hydrogen-bond acceptors (Lipinski definition) is 5. The van der Waals surface area contributed by atoms with Gasteiger partial charge in [0.15, 0.2) is 0 Å². The molecule has 0 spiro atoms. The molecule has 1 fully saturated rings. The lowest BCUT2D eigenvalue weighted by Crippen LogP contribution is -2.43. The van der Waals surface area contributed by atoms with Crippen LogP contribution in [-0.2, 0) is 38.8 Å². The molecular weight excluding hydrogens is 440 g/mol. The first-order chi connectivity index (χ1) is 17.2. The maximum absolute atomic E-state index is 11.1. The minimum atomic E-state index is -0.864. The van der Waals surface area contributed by atoms with E-state index < -0.39 is 18.3 Å². The molecule has 0 radical (unpaired) electrons. The molecule has 1 aliphatic rings. The van der Waals surface area contributed by atoms with Crippen LogP contribution in [0.25, 0.3) is 0 Å². The van der Waals surface area contributed by atoms with Gasteiger partial charge in [-0.15, -0.1) is 6.58 Å². The number of ether oxygens (including phenoxy) is 4. The fourth-order valence-corrected chi connectivity index (χ4v) is 4.31. The van der Waals surface area contributed by atoms with E-state index in [1.165, 1.54) is 0 Å². The molecule has 0 unspecified atom stereocenters. The fraction of sp³-hybridized carbons (Fsp3) is 0.333. The third-order valence-corrected chi connectivity index (χ3v) is 6.09. The third kappa shape index (κ3) is 7.34. The Hall–Kier alpha value is -2.80. The van der Waals surface area contributed by atoms with E-state index in [-0.39, 0.29) is 18.8 Å². The fourth-order valence-electron chi connectivity index (χ4n) is 4.31. The van der Waals surface area contributed by atoms with Gasteiger partial charge in [0.25, 0.3) is 0 Å². The maximum atomic E-state index is 11.1. The number of hydrogen-bond donors (Lipinski definition) is 1. The Labute approximate surface area is 207 Å². The van der Waals surface area contributed by atoms with Crippen molar-refractivity contribution in [1.29, 1.82) is 0 Å². The standard InChI is InChI=1S/C30H34O5/c1-2-12-27-29(33-20-24-15-8-4-9-16-24)30(34-21-25-17-10-5-11-18-25)28(35-27)26(31)22-32-19-23-13-6-3-7-14-23/h2-11,13-18,26-31H,1,12,19-22H2/t26-,27-,28+,29+,30+/m1/s1. The Bertz CT molecular complexity index is 995. The van der Waals surface area contributed by atoms with E-state index in [0.29, 0.717) is 26.2 Å². The zero-order valence-electron chi connectivity index (χ0n) is 19.9. The molecule has 5 heteroatoms. The summed E-state index contributed by atoms with van der Waals surface area (Å²) in [6, 6.07) is 29.9. The van der Waals surface area contributed by atoms with Gasteiger partial charge in [-0.1, -0.05) is 97.1 Å². The van der Waals surface area contributed by atoms with Crippen LogP contribution in [0.15, 0.2) is 104 Å². The van der Waals surface area contributed by atoms with Crippen molar-refractivity contribution in [2.75, 3.05) is 6.61 Å². The summed E-state index contributed by atoms with van der Waals surface area (Å²) >= 11 is 0. The van der Waals surface area contributed by atoms with Crippen LogP contribution in [0.3, 0.4) is 0 Å². The van der Waals surface area contributed by atoms with E-state index in [0.717, 1.165) is 16.7 Å². The first-order valence-electron chi connectivity index (χ1n) is 12.1. The Morgan fingerprint density at radius 1 is 0.743 bits per heavy atom. The minimum Gasteiger partial charge on any atom is -0.388 e. The monoisotopic (exact) mass is 474 g/mol. The molecule has 1 aliphatic heterocycles. The predicted molar refractivity (Wildman–Crippen MR) is 136 cm³/mol. The smallest absolute Gasteiger partial charge is 0.115 e. The summed E-state index contributed by atoms with van der Waals surface area (Å²) in [5.41, 5.74) is 3.18. The minimum absolute atomic E-state index is 0.136. The van der Waals surface area contributed by atoms with Gasteiger partial charge in [-0.05, 0) is 23.1 Å². The molecule has 1 N–H and O–H groups in total. The van der Waals surface area contributed by atoms with Crippen LogP contribution in [0.2, 0.25) is 0 Å². The lowest BCUT2D eigenvalue weighted by atomic mass is 10.0. The first kappa shape index (κ1) is 25.3. The number of aliphatic hydroxyl groups is 1. The van der Waals surface area contributed by atoms with Crippen molar-refractivity contribution in [2.24, 2.45) is 0 Å². The highest BCUT2D eigenvalue weighted by atomic mass is 16.6. The van der Waals surface area contributed by atoms with Crippen LogP contribution in [0.1, 0.15) is 23.1 Å². The molecule has 0 aliphatic carbocycles. The third-order valence-electron chi connectivity index (χ3n) is 6.09. The van der Waals surface area contributed by atoms with Crippen LogP contribution in [-0.4, -0.2) is 42.2 Å². The van der Waals surface area contributed by atoms with Crippen LogP contribution >= 0.6 is 0 Å². The molecule has 0 aromatic heterocycles. The summed E-state index contributed by atoms with van der Waals surface area (Å²) in [5, 5.41) is 11.1. The van der Waals surface area contributed by atoms with Crippen molar-refractivity contribution in [3.63, 3.8) is 0 Å². The first-order valence-corrected chi connectivity index (χ1v) is 12.1. The van der Waals surface area contributed by atoms with Gasteiger partial charge in [-0.3, -0.25) is 0 Å². The zero-order chi connectivity index (χ0) is 24.3. The van der Waals surface area contributed by atoms with E-state index in [2.05, 4.69) is 6.58 Å². The Morgan fingerprint density at radius 2 is 1.23 bits per heavy atom. The van der Waals surface area contributed by atoms with Crippen molar-refractivity contribution in [1.82, 2.24) is 0 Å². The highest BCUT2D eigenvalue weighted by molar-refractivity contribution is 5.15. The summed E-state index contributed by atoms with van der Waals surface area (Å²) in [7, 11) is 0. The molecule has 184 valence electrons. The van der Waals surface area contributed by atoms with Gasteiger partial charge in [-0.2, -0.15) is 0 Å². The van der Waals surface area contributed by atoms with E-state index in [1.54, 1.807) is 0 Å². The Kier molecular flexibility index (Phi) is 9.64. The quantitative estimate of drug-likeness (QED) is 0.350. The van der Waals surface area contributed by atoms with E-state index >= 15 is 0 Å². The topological polar surface area (TPSA) is 57.2 Å². The molecule has 0 bridgehead atoms. The molecule has 3 aromatic rings. The van der Waals surface area contributed by atoms with E-state index in [4.69, 9.17) is 18.9 Å². The predicted octanol–water partition coefficient (Wildman–Crippen LogP) is 5.08. The van der Waals surface area contributed by atoms with Gasteiger partial charge in [-0.25, -0.2) is 0 Å². The maximum Gasteiger partial charge on any atom is 0.115 e. The Morgan fingerprint density at radius 3 is 1.74 bits per heavy atom. The SMILES string of the molecule is C=CC[C@H]1O[C@@H]([C@H](O)COCc2ccccc2)[C@H](OCc2ccccc2)[C@H]1OCc1ccccc1. The van der Waals surface area contributed by atoms with Gasteiger partial charge >= 0.3 is 0 Å². The zero-order valence-corrected chi connectivity index (χ0v) is 19.9. The van der Waals surface area contributed by atoms with Gasteiger partial charge in [0.05, 0.1) is 32.5 Å². The lowest BCUT2D eigenvalue weighted by molar-refractivity contribution is -0.116. The second-order valence-corrected chi connectivity index (χ2v) is 8.75. The van der Waals surface area contributed by atoms with Crippen molar-refractivity contribution in [2.45, 2.75) is 56.8 Å². The van der Waals surface area contributed by atoms with E-state index in [9.17, 15) is 5.11 Å². The molecule has 0 amide bonds. The van der Waals surface area contributed by atoms with E-state index in [1.807, 2.05) is 97.1 Å². The molecule has 5 nitrogen and oxygen atoms in total. The number of rotatable bonds is 13. The number of aliphatic hydroxyl groups excluding tert-OH is 1. The highest BCUT2D eigenvalue weighted by Gasteiger charge is 2.48. The molecule has 1 saturated heterocycles. The molecule has 3 aromatic carbocycles. The second-order valence-electron chi connectivity index (χ2n) is 8.75. The number of benzene rings is 3. The van der Waals surface area contributed by atoms with Gasteiger partial charge in [0.1, 0.15) is 24.4 Å². The van der Waals surface area contributed by atoms with Crippen molar-refractivity contribution in [3.05, 3.63) is 120 Å². The van der Waals surface area contributed by atoms with Crippen LogP contribution in [0, 0.1) is 0 Å².